The van der Waals surface area contributed by atoms with Gasteiger partial charge in [-0.3, -0.25) is 0 Å². The van der Waals surface area contributed by atoms with E-state index in [0.29, 0.717) is 0 Å². The summed E-state index contributed by atoms with van der Waals surface area (Å²) in [4.78, 5) is 0. The van der Waals surface area contributed by atoms with E-state index in [1.54, 1.807) is 14.2 Å². The molecular formula is C21H20NO3+. The molecule has 4 nitrogen and oxygen atoms in total. The lowest BCUT2D eigenvalue weighted by Gasteiger charge is -2.17. The van der Waals surface area contributed by atoms with Gasteiger partial charge in [0.1, 0.15) is 5.75 Å². The Morgan fingerprint density at radius 3 is 2.76 bits per heavy atom. The van der Waals surface area contributed by atoms with E-state index in [1.807, 2.05) is 6.07 Å². The maximum atomic E-state index is 5.74. The lowest BCUT2D eigenvalue weighted by molar-refractivity contribution is -0.686. The molecule has 0 fully saturated rings. The summed E-state index contributed by atoms with van der Waals surface area (Å²) in [6, 6.07) is 10.9. The van der Waals surface area contributed by atoms with Crippen LogP contribution in [0, 0.1) is 0 Å². The van der Waals surface area contributed by atoms with Crippen molar-refractivity contribution in [1.82, 2.24) is 0 Å². The van der Waals surface area contributed by atoms with Crippen LogP contribution in [0.1, 0.15) is 11.1 Å². The van der Waals surface area contributed by atoms with Crippen LogP contribution in [0.5, 0.6) is 17.2 Å². The summed E-state index contributed by atoms with van der Waals surface area (Å²) in [7, 11) is 3.37. The number of hydrogen-bond acceptors (Lipinski definition) is 3. The molecule has 0 spiro atoms. The third kappa shape index (κ3) is 2.10. The van der Waals surface area contributed by atoms with E-state index >= 15 is 0 Å². The molecule has 0 amide bonds. The third-order valence-corrected chi connectivity index (χ3v) is 5.32. The fourth-order valence-electron chi connectivity index (χ4n) is 4.05. The highest BCUT2D eigenvalue weighted by Gasteiger charge is 2.27. The summed E-state index contributed by atoms with van der Waals surface area (Å²) in [5, 5.41) is 2.24. The van der Waals surface area contributed by atoms with Crippen molar-refractivity contribution in [2.45, 2.75) is 19.4 Å². The zero-order valence-electron chi connectivity index (χ0n) is 14.5. The first kappa shape index (κ1) is 14.6. The molecule has 2 aliphatic rings. The number of methoxy groups -OCH3 is 2. The normalized spacial score (nSPS) is 14.5. The van der Waals surface area contributed by atoms with Gasteiger partial charge in [0.15, 0.2) is 24.2 Å². The highest BCUT2D eigenvalue weighted by atomic mass is 16.5. The number of benzene rings is 2. The Morgan fingerprint density at radius 1 is 1.00 bits per heavy atom. The zero-order valence-corrected chi connectivity index (χ0v) is 14.5. The lowest BCUT2D eigenvalue weighted by atomic mass is 9.93. The molecule has 0 aliphatic carbocycles. The standard InChI is InChI=1S/C21H20NO3/c1-23-19-4-3-13-10-18-16-9-15-6-8-25-20(15)11-14(16)5-7-22(18)12-17(13)21(19)24-2/h3-4,9-12H,5-8H2,1-2H3/q+1. The smallest absolute Gasteiger partial charge is 0.213 e. The van der Waals surface area contributed by atoms with Crippen molar-refractivity contribution in [2.75, 3.05) is 20.8 Å². The number of aromatic nitrogens is 1. The van der Waals surface area contributed by atoms with Crippen molar-refractivity contribution < 1.29 is 18.8 Å². The molecule has 5 rings (SSSR count). The molecule has 0 saturated carbocycles. The Bertz CT molecular complexity index is 1010. The number of fused-ring (bicyclic) bond motifs is 5. The average Bonchev–Trinajstić information content (AvgIpc) is 3.11. The van der Waals surface area contributed by atoms with Crippen LogP contribution in [-0.4, -0.2) is 20.8 Å². The van der Waals surface area contributed by atoms with Crippen molar-refractivity contribution in [3.05, 3.63) is 47.7 Å². The van der Waals surface area contributed by atoms with Crippen LogP contribution in [0.4, 0.5) is 0 Å². The Labute approximate surface area is 146 Å². The van der Waals surface area contributed by atoms with Crippen LogP contribution in [0.3, 0.4) is 0 Å². The number of ether oxygens (including phenoxy) is 3. The Hall–Kier alpha value is -2.75. The minimum Gasteiger partial charge on any atom is -0.493 e. The summed E-state index contributed by atoms with van der Waals surface area (Å²) in [6.45, 7) is 1.75. The van der Waals surface area contributed by atoms with Crippen LogP contribution >= 0.6 is 0 Å². The van der Waals surface area contributed by atoms with Gasteiger partial charge in [0.25, 0.3) is 0 Å². The van der Waals surface area contributed by atoms with Gasteiger partial charge in [-0.25, -0.2) is 0 Å². The van der Waals surface area contributed by atoms with Gasteiger partial charge < -0.3 is 14.2 Å². The molecule has 0 radical (unpaired) electrons. The maximum absolute atomic E-state index is 5.74. The van der Waals surface area contributed by atoms with Gasteiger partial charge in [-0.2, -0.15) is 4.57 Å². The summed E-state index contributed by atoms with van der Waals surface area (Å²) >= 11 is 0. The molecule has 0 saturated heterocycles. The predicted molar refractivity (Wildman–Crippen MR) is 95.6 cm³/mol. The number of nitrogens with zero attached hydrogens (tertiary/aromatic N) is 1. The fourth-order valence-corrected chi connectivity index (χ4v) is 4.05. The van der Waals surface area contributed by atoms with Crippen molar-refractivity contribution in [1.29, 1.82) is 0 Å². The van der Waals surface area contributed by atoms with Gasteiger partial charge in [0.05, 0.1) is 31.8 Å². The molecule has 0 bridgehead atoms. The van der Waals surface area contributed by atoms with E-state index in [1.165, 1.54) is 22.4 Å². The van der Waals surface area contributed by atoms with E-state index in [9.17, 15) is 0 Å². The number of hydrogen-bond donors (Lipinski definition) is 0. The molecule has 126 valence electrons. The van der Waals surface area contributed by atoms with E-state index in [0.717, 1.165) is 54.0 Å². The number of aryl methyl sites for hydroxylation is 2. The first-order chi connectivity index (χ1) is 12.3. The second-order valence-corrected chi connectivity index (χ2v) is 6.62. The van der Waals surface area contributed by atoms with Crippen LogP contribution < -0.4 is 18.8 Å². The number of rotatable bonds is 2. The van der Waals surface area contributed by atoms with Gasteiger partial charge >= 0.3 is 0 Å². The maximum Gasteiger partial charge on any atom is 0.213 e. The second-order valence-electron chi connectivity index (χ2n) is 6.62. The van der Waals surface area contributed by atoms with Crippen molar-refractivity contribution >= 4 is 10.8 Å². The molecule has 2 aromatic carbocycles. The third-order valence-electron chi connectivity index (χ3n) is 5.32. The topological polar surface area (TPSA) is 31.6 Å². The lowest BCUT2D eigenvalue weighted by Crippen LogP contribution is -2.40. The minimum absolute atomic E-state index is 0.765. The largest absolute Gasteiger partial charge is 0.493 e. The van der Waals surface area contributed by atoms with E-state index in [4.69, 9.17) is 14.2 Å². The Kier molecular flexibility index (Phi) is 3.14. The van der Waals surface area contributed by atoms with Gasteiger partial charge in [-0.1, -0.05) is 0 Å². The van der Waals surface area contributed by atoms with Gasteiger partial charge in [-0.15, -0.1) is 0 Å². The quantitative estimate of drug-likeness (QED) is 0.674. The van der Waals surface area contributed by atoms with E-state index in [-0.39, 0.29) is 0 Å². The van der Waals surface area contributed by atoms with Gasteiger partial charge in [0.2, 0.25) is 5.69 Å². The molecular weight excluding hydrogens is 314 g/mol. The molecule has 1 aromatic heterocycles. The van der Waals surface area contributed by atoms with Crippen LogP contribution in [0.25, 0.3) is 22.0 Å². The molecule has 2 aliphatic heterocycles. The monoisotopic (exact) mass is 334 g/mol. The molecule has 0 atom stereocenters. The molecule has 4 heteroatoms. The first-order valence-electron chi connectivity index (χ1n) is 8.65. The molecule has 25 heavy (non-hydrogen) atoms. The highest BCUT2D eigenvalue weighted by Crippen LogP contribution is 2.39. The Morgan fingerprint density at radius 2 is 1.92 bits per heavy atom. The summed E-state index contributed by atoms with van der Waals surface area (Å²) < 4.78 is 19.1. The first-order valence-corrected chi connectivity index (χ1v) is 8.65. The van der Waals surface area contributed by atoms with Gasteiger partial charge in [0, 0.05) is 18.9 Å². The summed E-state index contributed by atoms with van der Waals surface area (Å²) in [6.07, 6.45) is 4.21. The Balaban J connectivity index is 1.75. The molecule has 0 unspecified atom stereocenters. The zero-order chi connectivity index (χ0) is 17.0. The van der Waals surface area contributed by atoms with Crippen LogP contribution in [0.15, 0.2) is 36.5 Å². The van der Waals surface area contributed by atoms with E-state index < -0.39 is 0 Å². The molecule has 3 heterocycles. The number of pyridine rings is 1. The molecule has 3 aromatic rings. The fraction of sp³-hybridized carbons (Fsp3) is 0.286. The average molecular weight is 334 g/mol. The van der Waals surface area contributed by atoms with Crippen LogP contribution in [0.2, 0.25) is 0 Å². The SMILES string of the molecule is COc1ccc2cc3[n+](cc2c1OC)CCc1cc2c(cc1-3)CCO2. The van der Waals surface area contributed by atoms with Gasteiger partial charge in [-0.05, 0) is 40.8 Å². The summed E-state index contributed by atoms with van der Waals surface area (Å²) in [5.74, 6) is 2.63. The predicted octanol–water partition coefficient (Wildman–Crippen LogP) is 3.30. The van der Waals surface area contributed by atoms with Crippen molar-refractivity contribution in [3.63, 3.8) is 0 Å². The highest BCUT2D eigenvalue weighted by molar-refractivity contribution is 5.91. The van der Waals surface area contributed by atoms with Crippen molar-refractivity contribution in [3.8, 4) is 28.5 Å². The van der Waals surface area contributed by atoms with E-state index in [2.05, 4.69) is 35.0 Å². The second kappa shape index (κ2) is 5.38. The minimum atomic E-state index is 0.765. The summed E-state index contributed by atoms with van der Waals surface area (Å²) in [5.41, 5.74) is 5.28. The van der Waals surface area contributed by atoms with Crippen LogP contribution in [-0.2, 0) is 19.4 Å². The molecule has 0 N–H and O–H groups in total. The van der Waals surface area contributed by atoms with Crippen molar-refractivity contribution in [2.24, 2.45) is 0 Å².